The first-order valence-electron chi connectivity index (χ1n) is 5.72. The van der Waals surface area contributed by atoms with E-state index in [0.29, 0.717) is 12.3 Å². The molecule has 1 heterocycles. The lowest BCUT2D eigenvalue weighted by Crippen LogP contribution is -2.24. The molecule has 0 radical (unpaired) electrons. The van der Waals surface area contributed by atoms with Gasteiger partial charge in [0, 0.05) is 18.5 Å². The lowest BCUT2D eigenvalue weighted by molar-refractivity contribution is 0.0520. The fourth-order valence-electron chi connectivity index (χ4n) is 1.17. The molecule has 0 aliphatic rings. The molecule has 0 fully saturated rings. The van der Waals surface area contributed by atoms with E-state index in [0.717, 1.165) is 24.8 Å². The van der Waals surface area contributed by atoms with Gasteiger partial charge in [-0.05, 0) is 20.5 Å². The van der Waals surface area contributed by atoms with Crippen molar-refractivity contribution in [2.45, 2.75) is 13.8 Å². The van der Waals surface area contributed by atoms with Gasteiger partial charge in [0.1, 0.15) is 0 Å². The molecule has 0 bridgehead atoms. The van der Waals surface area contributed by atoms with Crippen molar-refractivity contribution in [1.82, 2.24) is 9.88 Å². The van der Waals surface area contributed by atoms with Crippen LogP contribution in [0.25, 0.3) is 0 Å². The monoisotopic (exact) mass is 257 g/mol. The van der Waals surface area contributed by atoms with Crippen LogP contribution in [-0.4, -0.2) is 49.1 Å². The topological polar surface area (TPSA) is 54.5 Å². The molecular weight excluding hydrogens is 238 g/mol. The maximum atomic E-state index is 11.4. The molecule has 0 aliphatic heterocycles. The van der Waals surface area contributed by atoms with Crippen LogP contribution in [0, 0.1) is 0 Å². The Balaban J connectivity index is 2.38. The summed E-state index contributed by atoms with van der Waals surface area (Å²) < 4.78 is 4.87. The van der Waals surface area contributed by atoms with Gasteiger partial charge < -0.3 is 15.0 Å². The van der Waals surface area contributed by atoms with Gasteiger partial charge in [0.05, 0.1) is 6.61 Å². The van der Waals surface area contributed by atoms with Crippen LogP contribution in [0.15, 0.2) is 5.38 Å². The Morgan fingerprint density at radius 2 is 2.35 bits per heavy atom. The van der Waals surface area contributed by atoms with Gasteiger partial charge >= 0.3 is 5.97 Å². The Morgan fingerprint density at radius 3 is 3.00 bits per heavy atom. The van der Waals surface area contributed by atoms with Crippen LogP contribution in [0.1, 0.15) is 24.3 Å². The highest BCUT2D eigenvalue weighted by atomic mass is 32.1. The summed E-state index contributed by atoms with van der Waals surface area (Å²) in [6, 6.07) is 0. The van der Waals surface area contributed by atoms with Crippen molar-refractivity contribution in [3.8, 4) is 0 Å². The first-order chi connectivity index (χ1) is 8.17. The van der Waals surface area contributed by atoms with Gasteiger partial charge in [-0.2, -0.15) is 0 Å². The molecule has 1 aromatic rings. The van der Waals surface area contributed by atoms with Gasteiger partial charge in [0.2, 0.25) is 0 Å². The number of nitrogens with one attached hydrogen (secondary N) is 1. The molecule has 0 atom stereocenters. The molecule has 0 saturated heterocycles. The van der Waals surface area contributed by atoms with Gasteiger partial charge in [-0.25, -0.2) is 9.78 Å². The van der Waals surface area contributed by atoms with Crippen molar-refractivity contribution in [3.05, 3.63) is 11.1 Å². The number of ether oxygens (including phenoxy) is 1. The fourth-order valence-corrected chi connectivity index (χ4v) is 1.87. The van der Waals surface area contributed by atoms with Gasteiger partial charge in [0.25, 0.3) is 0 Å². The number of hydrogen-bond donors (Lipinski definition) is 1. The molecule has 0 aliphatic carbocycles. The zero-order chi connectivity index (χ0) is 12.7. The van der Waals surface area contributed by atoms with E-state index >= 15 is 0 Å². The summed E-state index contributed by atoms with van der Waals surface area (Å²) in [6.07, 6.45) is 0. The van der Waals surface area contributed by atoms with E-state index in [2.05, 4.69) is 29.2 Å². The molecule has 1 rings (SSSR count). The van der Waals surface area contributed by atoms with Gasteiger partial charge in [-0.1, -0.05) is 6.92 Å². The predicted octanol–water partition coefficient (Wildman–Crippen LogP) is 1.68. The van der Waals surface area contributed by atoms with Crippen molar-refractivity contribution in [1.29, 1.82) is 0 Å². The largest absolute Gasteiger partial charge is 0.461 e. The molecule has 6 heteroatoms. The van der Waals surface area contributed by atoms with Crippen LogP contribution in [0.4, 0.5) is 5.13 Å². The molecular formula is C11H19N3O2S. The van der Waals surface area contributed by atoms with Crippen molar-refractivity contribution in [3.63, 3.8) is 0 Å². The quantitative estimate of drug-likeness (QED) is 0.753. The number of esters is 1. The summed E-state index contributed by atoms with van der Waals surface area (Å²) in [6.45, 7) is 7.06. The Bertz CT molecular complexity index is 354. The summed E-state index contributed by atoms with van der Waals surface area (Å²) in [5.74, 6) is -0.359. The summed E-state index contributed by atoms with van der Waals surface area (Å²) in [5.41, 5.74) is 0.378. The van der Waals surface area contributed by atoms with E-state index in [-0.39, 0.29) is 5.97 Å². The zero-order valence-electron chi connectivity index (χ0n) is 10.5. The molecule has 1 aromatic heterocycles. The third-order valence-corrected chi connectivity index (χ3v) is 3.10. The predicted molar refractivity (Wildman–Crippen MR) is 69.7 cm³/mol. The van der Waals surface area contributed by atoms with Gasteiger partial charge in [-0.15, -0.1) is 11.3 Å². The summed E-state index contributed by atoms with van der Waals surface area (Å²) in [7, 11) is 2.06. The number of rotatable bonds is 7. The highest BCUT2D eigenvalue weighted by Crippen LogP contribution is 2.15. The molecule has 1 N–H and O–H groups in total. The van der Waals surface area contributed by atoms with E-state index in [9.17, 15) is 4.79 Å². The third kappa shape index (κ3) is 4.70. The lowest BCUT2D eigenvalue weighted by atomic mass is 10.5. The highest BCUT2D eigenvalue weighted by Gasteiger charge is 2.10. The average molecular weight is 257 g/mol. The Labute approximate surface area is 106 Å². The average Bonchev–Trinajstić information content (AvgIpc) is 2.78. The maximum Gasteiger partial charge on any atom is 0.357 e. The Hall–Kier alpha value is -1.14. The minimum absolute atomic E-state index is 0.359. The van der Waals surface area contributed by atoms with Crippen LogP contribution >= 0.6 is 11.3 Å². The summed E-state index contributed by atoms with van der Waals surface area (Å²) >= 11 is 1.42. The van der Waals surface area contributed by atoms with Crippen molar-refractivity contribution in [2.75, 3.05) is 38.6 Å². The molecule has 0 saturated carbocycles. The summed E-state index contributed by atoms with van der Waals surface area (Å²) in [4.78, 5) is 17.7. The molecule has 17 heavy (non-hydrogen) atoms. The third-order valence-electron chi connectivity index (χ3n) is 2.30. The Morgan fingerprint density at radius 1 is 1.59 bits per heavy atom. The minimum atomic E-state index is -0.359. The van der Waals surface area contributed by atoms with Gasteiger partial charge in [-0.3, -0.25) is 0 Å². The van der Waals surface area contributed by atoms with Crippen molar-refractivity contribution < 1.29 is 9.53 Å². The van der Waals surface area contributed by atoms with Crippen molar-refractivity contribution in [2.24, 2.45) is 0 Å². The van der Waals surface area contributed by atoms with E-state index in [1.165, 1.54) is 11.3 Å². The smallest absolute Gasteiger partial charge is 0.357 e. The lowest BCUT2D eigenvalue weighted by Gasteiger charge is -2.13. The first-order valence-corrected chi connectivity index (χ1v) is 6.60. The molecule has 0 amide bonds. The van der Waals surface area contributed by atoms with Crippen molar-refractivity contribution >= 4 is 22.4 Å². The normalized spacial score (nSPS) is 10.6. The molecule has 0 unspecified atom stereocenters. The van der Waals surface area contributed by atoms with E-state index < -0.39 is 0 Å². The Kier molecular flexibility index (Phi) is 5.93. The van der Waals surface area contributed by atoms with Gasteiger partial charge in [0.15, 0.2) is 10.8 Å². The zero-order valence-corrected chi connectivity index (χ0v) is 11.3. The minimum Gasteiger partial charge on any atom is -0.461 e. The van der Waals surface area contributed by atoms with E-state index in [1.54, 1.807) is 12.3 Å². The number of hydrogen-bond acceptors (Lipinski definition) is 6. The molecule has 96 valence electrons. The number of anilines is 1. The number of thiazole rings is 1. The number of likely N-dealkylation sites (N-methyl/N-ethyl adjacent to an activating group) is 1. The highest BCUT2D eigenvalue weighted by molar-refractivity contribution is 7.13. The standard InChI is InChI=1S/C11H19N3O2S/c1-4-14(3)7-6-12-11-13-9(8-17-11)10(15)16-5-2/h8H,4-7H2,1-3H3,(H,12,13). The number of nitrogens with zero attached hydrogens (tertiary/aromatic N) is 2. The first kappa shape index (κ1) is 13.9. The van der Waals surface area contributed by atoms with Crippen LogP contribution in [0.3, 0.4) is 0 Å². The summed E-state index contributed by atoms with van der Waals surface area (Å²) in [5, 5.41) is 5.66. The molecule has 5 nitrogen and oxygen atoms in total. The SMILES string of the molecule is CCOC(=O)c1csc(NCCN(C)CC)n1. The number of carbonyl (C=O) groups excluding carboxylic acids is 1. The van der Waals surface area contributed by atoms with Crippen LogP contribution in [0.2, 0.25) is 0 Å². The van der Waals surface area contributed by atoms with Crippen LogP contribution in [0.5, 0.6) is 0 Å². The van der Waals surface area contributed by atoms with E-state index in [4.69, 9.17) is 4.74 Å². The molecule has 0 aromatic carbocycles. The maximum absolute atomic E-state index is 11.4. The number of aromatic nitrogens is 1. The molecule has 0 spiro atoms. The number of carbonyl (C=O) groups is 1. The van der Waals surface area contributed by atoms with Crippen LogP contribution in [-0.2, 0) is 4.74 Å². The second kappa shape index (κ2) is 7.24. The fraction of sp³-hybridized carbons (Fsp3) is 0.636. The van der Waals surface area contributed by atoms with E-state index in [1.807, 2.05) is 0 Å². The second-order valence-electron chi connectivity index (χ2n) is 3.58. The van der Waals surface area contributed by atoms with Crippen LogP contribution < -0.4 is 5.32 Å². The second-order valence-corrected chi connectivity index (χ2v) is 4.44.